The standard InChI is InChI=1S/C36H40F2N4O4S/c1-41-17-13-30(14-18-41)46-36(44)33(15-22-47-2)40-35(43)31-12-7-27(23-32(31)25-3-8-28(37)9-4-25)34(26-5-10-29(38)11-6-26)45-21-20-42-19-16-39-24-42/h3-12,16,19,23-24,30,33-34H,13-15,17-18,20-22H2,1-2H3,(H,40,43)/t33-,34?/m0/s1. The summed E-state index contributed by atoms with van der Waals surface area (Å²) in [6.07, 6.45) is 8.33. The Labute approximate surface area is 278 Å². The van der Waals surface area contributed by atoms with Crippen molar-refractivity contribution < 1.29 is 27.8 Å². The lowest BCUT2D eigenvalue weighted by Gasteiger charge is -2.30. The Balaban J connectivity index is 1.44. The van der Waals surface area contributed by atoms with Gasteiger partial charge >= 0.3 is 5.97 Å². The molecule has 47 heavy (non-hydrogen) atoms. The van der Waals surface area contributed by atoms with E-state index >= 15 is 0 Å². The van der Waals surface area contributed by atoms with Crippen LogP contribution < -0.4 is 5.32 Å². The van der Waals surface area contributed by atoms with Gasteiger partial charge in [0.1, 0.15) is 29.9 Å². The van der Waals surface area contributed by atoms with Crippen LogP contribution in [0.5, 0.6) is 0 Å². The van der Waals surface area contributed by atoms with E-state index in [4.69, 9.17) is 9.47 Å². The van der Waals surface area contributed by atoms with E-state index in [1.165, 1.54) is 24.3 Å². The predicted octanol–water partition coefficient (Wildman–Crippen LogP) is 6.12. The summed E-state index contributed by atoms with van der Waals surface area (Å²) in [6, 6.07) is 16.5. The Kier molecular flexibility index (Phi) is 12.2. The normalized spacial score (nSPS) is 15.2. The number of piperidine rings is 1. The molecule has 1 aromatic heterocycles. The van der Waals surface area contributed by atoms with E-state index in [1.54, 1.807) is 60.7 Å². The fourth-order valence-electron chi connectivity index (χ4n) is 5.58. The fraction of sp³-hybridized carbons (Fsp3) is 0.361. The van der Waals surface area contributed by atoms with E-state index in [2.05, 4.69) is 15.2 Å². The van der Waals surface area contributed by atoms with Crippen LogP contribution in [0.25, 0.3) is 11.1 Å². The molecule has 1 unspecified atom stereocenters. The summed E-state index contributed by atoms with van der Waals surface area (Å²) in [7, 11) is 2.04. The Morgan fingerprint density at radius 2 is 1.68 bits per heavy atom. The molecule has 0 spiro atoms. The van der Waals surface area contributed by atoms with Gasteiger partial charge in [-0.3, -0.25) is 4.79 Å². The highest BCUT2D eigenvalue weighted by atomic mass is 32.2. The quantitative estimate of drug-likeness (QED) is 0.163. The Morgan fingerprint density at radius 1 is 1.00 bits per heavy atom. The van der Waals surface area contributed by atoms with Gasteiger partial charge in [-0.1, -0.05) is 30.3 Å². The van der Waals surface area contributed by atoms with Crippen LogP contribution >= 0.6 is 11.8 Å². The van der Waals surface area contributed by atoms with Crippen LogP contribution in [0.1, 0.15) is 46.9 Å². The molecule has 0 radical (unpaired) electrons. The second kappa shape index (κ2) is 16.7. The maximum atomic E-state index is 14.0. The summed E-state index contributed by atoms with van der Waals surface area (Å²) in [4.78, 5) is 33.5. The minimum Gasteiger partial charge on any atom is -0.461 e. The van der Waals surface area contributed by atoms with E-state index in [9.17, 15) is 18.4 Å². The molecule has 1 aliphatic heterocycles. The van der Waals surface area contributed by atoms with E-state index in [-0.39, 0.29) is 11.9 Å². The molecule has 1 amide bonds. The molecular formula is C36H40F2N4O4S. The molecule has 3 aromatic carbocycles. The minimum absolute atomic E-state index is 0.182. The Hall–Kier alpha value is -4.06. The van der Waals surface area contributed by atoms with Gasteiger partial charge in [-0.25, -0.2) is 18.6 Å². The summed E-state index contributed by atoms with van der Waals surface area (Å²) in [5.41, 5.74) is 2.92. The lowest BCUT2D eigenvalue weighted by atomic mass is 9.92. The largest absolute Gasteiger partial charge is 0.461 e. The van der Waals surface area contributed by atoms with Crippen LogP contribution in [0, 0.1) is 11.6 Å². The number of nitrogens with one attached hydrogen (secondary N) is 1. The first kappa shape index (κ1) is 34.3. The molecule has 1 fully saturated rings. The number of carbonyl (C=O) groups excluding carboxylic acids is 2. The lowest BCUT2D eigenvalue weighted by molar-refractivity contribution is -0.153. The van der Waals surface area contributed by atoms with Crippen LogP contribution in [0.3, 0.4) is 0 Å². The van der Waals surface area contributed by atoms with Gasteiger partial charge in [-0.15, -0.1) is 0 Å². The average molecular weight is 663 g/mol. The molecule has 1 aliphatic rings. The average Bonchev–Trinajstić information content (AvgIpc) is 3.60. The van der Waals surface area contributed by atoms with Gasteiger partial charge < -0.3 is 24.3 Å². The zero-order valence-electron chi connectivity index (χ0n) is 26.6. The summed E-state index contributed by atoms with van der Waals surface area (Å²) in [6.45, 7) is 2.58. The van der Waals surface area contributed by atoms with Crippen molar-refractivity contribution in [2.45, 2.75) is 44.1 Å². The van der Waals surface area contributed by atoms with Gasteiger partial charge in [-0.2, -0.15) is 11.8 Å². The van der Waals surface area contributed by atoms with Gasteiger partial charge in [0.05, 0.1) is 12.9 Å². The fourth-order valence-corrected chi connectivity index (χ4v) is 6.05. The summed E-state index contributed by atoms with van der Waals surface area (Å²) < 4.78 is 42.0. The third-order valence-corrected chi connectivity index (χ3v) is 8.91. The number of esters is 1. The zero-order valence-corrected chi connectivity index (χ0v) is 27.4. The lowest BCUT2D eigenvalue weighted by Crippen LogP contribution is -2.45. The van der Waals surface area contributed by atoms with Crippen LogP contribution in [0.15, 0.2) is 85.5 Å². The number of nitrogens with zero attached hydrogens (tertiary/aromatic N) is 3. The van der Waals surface area contributed by atoms with Crippen molar-refractivity contribution in [1.29, 1.82) is 0 Å². The molecule has 5 rings (SSSR count). The van der Waals surface area contributed by atoms with Crippen LogP contribution in [0.4, 0.5) is 8.78 Å². The molecule has 2 heterocycles. The number of benzene rings is 3. The van der Waals surface area contributed by atoms with Crippen molar-refractivity contribution in [3.63, 3.8) is 0 Å². The number of aromatic nitrogens is 2. The number of imidazole rings is 1. The number of thioether (sulfide) groups is 1. The van der Waals surface area contributed by atoms with Crippen LogP contribution in [-0.2, 0) is 20.8 Å². The number of carbonyl (C=O) groups is 2. The van der Waals surface area contributed by atoms with Crippen LogP contribution in [-0.4, -0.2) is 77.2 Å². The summed E-state index contributed by atoms with van der Waals surface area (Å²) >= 11 is 1.58. The third kappa shape index (κ3) is 9.50. The monoisotopic (exact) mass is 662 g/mol. The molecule has 11 heteroatoms. The van der Waals surface area contributed by atoms with Crippen molar-refractivity contribution in [1.82, 2.24) is 19.8 Å². The first-order chi connectivity index (χ1) is 22.8. The molecule has 4 aromatic rings. The van der Waals surface area contributed by atoms with E-state index < -0.39 is 29.8 Å². The van der Waals surface area contributed by atoms with Gasteiger partial charge in [-0.05, 0) is 97.0 Å². The molecule has 248 valence electrons. The molecule has 0 bridgehead atoms. The number of halogens is 2. The van der Waals surface area contributed by atoms with Crippen molar-refractivity contribution >= 4 is 23.6 Å². The molecular weight excluding hydrogens is 622 g/mol. The minimum atomic E-state index is -0.825. The summed E-state index contributed by atoms with van der Waals surface area (Å²) in [5, 5.41) is 2.93. The first-order valence-corrected chi connectivity index (χ1v) is 17.1. The SMILES string of the molecule is CSCC[C@H](NC(=O)c1ccc(C(OCCn2ccnc2)c2ccc(F)cc2)cc1-c1ccc(F)cc1)C(=O)OC1CCN(C)CC1. The molecule has 1 saturated heterocycles. The Bertz CT molecular complexity index is 1590. The number of likely N-dealkylation sites (tertiary alicyclic amines) is 1. The van der Waals surface area contributed by atoms with Gasteiger partial charge in [0.25, 0.3) is 5.91 Å². The maximum Gasteiger partial charge on any atom is 0.328 e. The van der Waals surface area contributed by atoms with E-state index in [0.29, 0.717) is 42.0 Å². The highest BCUT2D eigenvalue weighted by Gasteiger charge is 2.28. The van der Waals surface area contributed by atoms with Crippen molar-refractivity contribution in [3.8, 4) is 11.1 Å². The smallest absolute Gasteiger partial charge is 0.328 e. The zero-order chi connectivity index (χ0) is 33.2. The highest BCUT2D eigenvalue weighted by Crippen LogP contribution is 2.33. The second-order valence-corrected chi connectivity index (χ2v) is 12.6. The topological polar surface area (TPSA) is 85.7 Å². The highest BCUT2D eigenvalue weighted by molar-refractivity contribution is 7.98. The molecule has 0 saturated carbocycles. The summed E-state index contributed by atoms with van der Waals surface area (Å²) in [5.74, 6) is -0.995. The van der Waals surface area contributed by atoms with Gasteiger partial charge in [0, 0.05) is 37.6 Å². The molecule has 2 atom stereocenters. The number of rotatable bonds is 14. The number of ether oxygens (including phenoxy) is 2. The van der Waals surface area contributed by atoms with Crippen molar-refractivity contribution in [2.75, 3.05) is 38.8 Å². The molecule has 0 aliphatic carbocycles. The number of amides is 1. The Morgan fingerprint density at radius 3 is 2.34 bits per heavy atom. The number of hydrogen-bond donors (Lipinski definition) is 1. The van der Waals surface area contributed by atoms with Gasteiger partial charge in [0.2, 0.25) is 0 Å². The third-order valence-electron chi connectivity index (χ3n) is 8.26. The van der Waals surface area contributed by atoms with Crippen molar-refractivity contribution in [3.05, 3.63) is 114 Å². The predicted molar refractivity (Wildman–Crippen MR) is 179 cm³/mol. The molecule has 1 N–H and O–H groups in total. The van der Waals surface area contributed by atoms with Crippen LogP contribution in [0.2, 0.25) is 0 Å². The first-order valence-electron chi connectivity index (χ1n) is 15.7. The van der Waals surface area contributed by atoms with Gasteiger partial charge in [0.15, 0.2) is 0 Å². The maximum absolute atomic E-state index is 14.0. The molecule has 8 nitrogen and oxygen atoms in total. The van der Waals surface area contributed by atoms with E-state index in [0.717, 1.165) is 37.1 Å². The van der Waals surface area contributed by atoms with E-state index in [1.807, 2.05) is 30.1 Å². The van der Waals surface area contributed by atoms with Crippen molar-refractivity contribution in [2.24, 2.45) is 0 Å². The number of hydrogen-bond acceptors (Lipinski definition) is 7. The second-order valence-electron chi connectivity index (χ2n) is 11.7.